The Morgan fingerprint density at radius 2 is 2.25 bits per heavy atom. The molecule has 0 aliphatic carbocycles. The molecule has 1 saturated heterocycles. The molecule has 1 unspecified atom stereocenters. The number of aliphatic imine (C=N–C) groups is 1. The zero-order valence-electron chi connectivity index (χ0n) is 16.8. The van der Waals surface area contributed by atoms with Gasteiger partial charge >= 0.3 is 0 Å². The van der Waals surface area contributed by atoms with E-state index in [9.17, 15) is 4.79 Å². The van der Waals surface area contributed by atoms with Gasteiger partial charge in [0.1, 0.15) is 12.1 Å². The van der Waals surface area contributed by atoms with E-state index in [0.29, 0.717) is 6.54 Å². The van der Waals surface area contributed by atoms with Gasteiger partial charge < -0.3 is 15.5 Å². The third kappa shape index (κ3) is 5.09. The smallest absolute Gasteiger partial charge is 0.225 e. The molecule has 3 rings (SSSR count). The number of rotatable bonds is 6. The van der Waals surface area contributed by atoms with Crippen LogP contribution in [-0.2, 0) is 11.3 Å². The number of guanidine groups is 1. The number of aromatic nitrogens is 3. The van der Waals surface area contributed by atoms with E-state index < -0.39 is 0 Å². The summed E-state index contributed by atoms with van der Waals surface area (Å²) in [7, 11) is 0. The summed E-state index contributed by atoms with van der Waals surface area (Å²) in [5.41, 5.74) is 1.07. The highest BCUT2D eigenvalue weighted by Gasteiger charge is 2.27. The summed E-state index contributed by atoms with van der Waals surface area (Å²) < 4.78 is 1.87. The summed E-state index contributed by atoms with van der Waals surface area (Å²) in [6, 6.07) is 4.19. The van der Waals surface area contributed by atoms with Crippen molar-refractivity contribution < 1.29 is 4.79 Å². The topological polar surface area (TPSA) is 87.4 Å². The van der Waals surface area contributed by atoms with Crippen molar-refractivity contribution in [1.82, 2.24) is 30.1 Å². The number of carbonyl (C=O) groups excluding carboxylic acids is 1. The lowest BCUT2D eigenvalue weighted by Crippen LogP contribution is -2.45. The molecular formula is C20H29N7O. The Morgan fingerprint density at radius 3 is 2.96 bits per heavy atom. The van der Waals surface area contributed by atoms with Crippen LogP contribution in [0.4, 0.5) is 0 Å². The third-order valence-electron chi connectivity index (χ3n) is 4.68. The Morgan fingerprint density at radius 1 is 1.39 bits per heavy atom. The van der Waals surface area contributed by atoms with Crippen LogP contribution < -0.4 is 10.6 Å². The summed E-state index contributed by atoms with van der Waals surface area (Å²) in [6.07, 6.45) is 8.04. The molecule has 2 N–H and O–H groups in total. The first-order valence-corrected chi connectivity index (χ1v) is 9.83. The van der Waals surface area contributed by atoms with Gasteiger partial charge in [-0.1, -0.05) is 13.8 Å². The molecule has 150 valence electrons. The first-order valence-electron chi connectivity index (χ1n) is 9.83. The van der Waals surface area contributed by atoms with Gasteiger partial charge in [0, 0.05) is 50.2 Å². The monoisotopic (exact) mass is 383 g/mol. The minimum Gasteiger partial charge on any atom is -0.357 e. The Hall–Kier alpha value is -2.90. The number of nitrogens with one attached hydrogen (secondary N) is 2. The second-order valence-electron chi connectivity index (χ2n) is 7.26. The van der Waals surface area contributed by atoms with Crippen molar-refractivity contribution in [1.29, 1.82) is 0 Å². The first-order chi connectivity index (χ1) is 13.6. The van der Waals surface area contributed by atoms with Crippen LogP contribution in [-0.4, -0.2) is 57.0 Å². The summed E-state index contributed by atoms with van der Waals surface area (Å²) in [4.78, 5) is 27.3. The quantitative estimate of drug-likeness (QED) is 0.584. The van der Waals surface area contributed by atoms with E-state index in [4.69, 9.17) is 4.99 Å². The zero-order valence-corrected chi connectivity index (χ0v) is 16.8. The number of pyridine rings is 1. The summed E-state index contributed by atoms with van der Waals surface area (Å²) >= 11 is 0. The fourth-order valence-corrected chi connectivity index (χ4v) is 3.22. The van der Waals surface area contributed by atoms with Crippen molar-refractivity contribution in [3.63, 3.8) is 0 Å². The standard InChI is InChI=1S/C20H29N7O/c1-4-22-20(25-17-6-9-26(13-17)19(28)15(2)3)24-12-16-5-7-23-18(11-16)27-10-8-21-14-27/h5,7-8,10-11,14-15,17H,4,6,9,12-13H2,1-3H3,(H2,22,24,25). The molecule has 1 fully saturated rings. The second-order valence-corrected chi connectivity index (χ2v) is 7.26. The lowest BCUT2D eigenvalue weighted by atomic mass is 10.2. The lowest BCUT2D eigenvalue weighted by molar-refractivity contribution is -0.133. The molecule has 8 nitrogen and oxygen atoms in total. The number of hydrogen-bond acceptors (Lipinski definition) is 4. The van der Waals surface area contributed by atoms with Gasteiger partial charge in [0.05, 0.1) is 6.54 Å². The maximum Gasteiger partial charge on any atom is 0.225 e. The van der Waals surface area contributed by atoms with Gasteiger partial charge in [-0.15, -0.1) is 0 Å². The van der Waals surface area contributed by atoms with Crippen molar-refractivity contribution in [2.24, 2.45) is 10.9 Å². The maximum atomic E-state index is 12.2. The van der Waals surface area contributed by atoms with Gasteiger partial charge in [-0.2, -0.15) is 0 Å². The van der Waals surface area contributed by atoms with Crippen molar-refractivity contribution >= 4 is 11.9 Å². The number of hydrogen-bond donors (Lipinski definition) is 2. The van der Waals surface area contributed by atoms with Gasteiger partial charge in [-0.05, 0) is 31.0 Å². The molecule has 3 heterocycles. The average Bonchev–Trinajstić information content (AvgIpc) is 3.38. The van der Waals surface area contributed by atoms with Gasteiger partial charge in [0.25, 0.3) is 0 Å². The van der Waals surface area contributed by atoms with Gasteiger partial charge in [0.2, 0.25) is 5.91 Å². The highest BCUT2D eigenvalue weighted by atomic mass is 16.2. The Kier molecular flexibility index (Phi) is 6.62. The first kappa shape index (κ1) is 19.9. The molecule has 0 spiro atoms. The van der Waals surface area contributed by atoms with E-state index in [1.54, 1.807) is 18.7 Å². The number of imidazole rings is 1. The largest absolute Gasteiger partial charge is 0.357 e. The van der Waals surface area contributed by atoms with Crippen molar-refractivity contribution in [3.8, 4) is 5.82 Å². The van der Waals surface area contributed by atoms with E-state index in [1.807, 2.05) is 48.6 Å². The normalized spacial score (nSPS) is 17.2. The summed E-state index contributed by atoms with van der Waals surface area (Å²) in [5, 5.41) is 6.76. The zero-order chi connectivity index (χ0) is 19.9. The van der Waals surface area contributed by atoms with Gasteiger partial charge in [-0.25, -0.2) is 15.0 Å². The van der Waals surface area contributed by atoms with Crippen molar-refractivity contribution in [2.45, 2.75) is 39.8 Å². The molecule has 1 atom stereocenters. The Labute approximate surface area is 166 Å². The van der Waals surface area contributed by atoms with E-state index in [2.05, 4.69) is 20.6 Å². The molecule has 2 aromatic heterocycles. The molecular weight excluding hydrogens is 354 g/mol. The van der Waals surface area contributed by atoms with Gasteiger partial charge in [-0.3, -0.25) is 9.36 Å². The fraction of sp³-hybridized carbons (Fsp3) is 0.500. The van der Waals surface area contributed by atoms with E-state index in [-0.39, 0.29) is 17.9 Å². The van der Waals surface area contributed by atoms with E-state index >= 15 is 0 Å². The number of carbonyl (C=O) groups is 1. The SMILES string of the molecule is CCNC(=NCc1ccnc(-n2ccnc2)c1)NC1CCN(C(=O)C(C)C)C1. The average molecular weight is 384 g/mol. The lowest BCUT2D eigenvalue weighted by Gasteiger charge is -2.20. The predicted octanol–water partition coefficient (Wildman–Crippen LogP) is 1.58. The van der Waals surface area contributed by atoms with Crippen molar-refractivity contribution in [3.05, 3.63) is 42.6 Å². The van der Waals surface area contributed by atoms with Crippen LogP contribution in [0.3, 0.4) is 0 Å². The molecule has 0 aromatic carbocycles. The predicted molar refractivity (Wildman–Crippen MR) is 109 cm³/mol. The summed E-state index contributed by atoms with van der Waals surface area (Å²) in [5.74, 6) is 1.85. The Balaban J connectivity index is 1.62. The molecule has 0 radical (unpaired) electrons. The molecule has 1 amide bonds. The molecule has 0 saturated carbocycles. The van der Waals surface area contributed by atoms with Crippen LogP contribution in [0.2, 0.25) is 0 Å². The summed E-state index contributed by atoms with van der Waals surface area (Å²) in [6.45, 7) is 8.78. The molecule has 0 bridgehead atoms. The molecule has 28 heavy (non-hydrogen) atoms. The van der Waals surface area contributed by atoms with Crippen LogP contribution in [0, 0.1) is 5.92 Å². The highest BCUT2D eigenvalue weighted by molar-refractivity contribution is 5.81. The Bertz CT molecular complexity index is 801. The highest BCUT2D eigenvalue weighted by Crippen LogP contribution is 2.13. The van der Waals surface area contributed by atoms with Gasteiger partial charge in [0.15, 0.2) is 5.96 Å². The van der Waals surface area contributed by atoms with E-state index in [1.165, 1.54) is 0 Å². The van der Waals surface area contributed by atoms with E-state index in [0.717, 1.165) is 43.4 Å². The molecule has 2 aromatic rings. The van der Waals surface area contributed by atoms with Crippen LogP contribution in [0.5, 0.6) is 0 Å². The molecule has 1 aliphatic rings. The maximum absolute atomic E-state index is 12.2. The van der Waals surface area contributed by atoms with Crippen LogP contribution in [0.25, 0.3) is 5.82 Å². The minimum absolute atomic E-state index is 0.0389. The third-order valence-corrected chi connectivity index (χ3v) is 4.68. The van der Waals surface area contributed by atoms with Crippen LogP contribution in [0.1, 0.15) is 32.8 Å². The second kappa shape index (κ2) is 9.34. The van der Waals surface area contributed by atoms with Crippen LogP contribution in [0.15, 0.2) is 42.0 Å². The number of amides is 1. The number of nitrogens with zero attached hydrogens (tertiary/aromatic N) is 5. The number of likely N-dealkylation sites (tertiary alicyclic amines) is 1. The molecule has 8 heteroatoms. The fourth-order valence-electron chi connectivity index (χ4n) is 3.22. The van der Waals surface area contributed by atoms with Crippen LogP contribution >= 0.6 is 0 Å². The molecule has 1 aliphatic heterocycles. The minimum atomic E-state index is 0.0389. The van der Waals surface area contributed by atoms with Crippen molar-refractivity contribution in [2.75, 3.05) is 19.6 Å².